The average Bonchev–Trinajstić information content (AvgIpc) is 3.57. The molecule has 1 atom stereocenters. The van der Waals surface area contributed by atoms with Gasteiger partial charge in [-0.1, -0.05) is 18.2 Å². The van der Waals surface area contributed by atoms with Gasteiger partial charge in [0, 0.05) is 36.2 Å². The molecule has 1 aliphatic heterocycles. The van der Waals surface area contributed by atoms with E-state index in [0.717, 1.165) is 55.6 Å². The number of benzene rings is 2. The van der Waals surface area contributed by atoms with Crippen molar-refractivity contribution in [2.45, 2.75) is 38.6 Å². The lowest BCUT2D eigenvalue weighted by Gasteiger charge is -2.33. The Labute approximate surface area is 172 Å². The number of nitrogens with one attached hydrogen (secondary N) is 1. The summed E-state index contributed by atoms with van der Waals surface area (Å²) in [4.78, 5) is 26.9. The van der Waals surface area contributed by atoms with Crippen LogP contribution < -0.4 is 10.1 Å². The number of hydrogen-bond donors (Lipinski definition) is 1. The Hall–Kier alpha value is -2.82. The molecule has 2 aromatic carbocycles. The highest BCUT2D eigenvalue weighted by molar-refractivity contribution is 5.95. The molecule has 0 bridgehead atoms. The van der Waals surface area contributed by atoms with E-state index in [1.165, 1.54) is 0 Å². The number of amides is 2. The lowest BCUT2D eigenvalue weighted by molar-refractivity contribution is 0.0632. The molecule has 1 aliphatic carbocycles. The van der Waals surface area contributed by atoms with Crippen LogP contribution in [0, 0.1) is 12.8 Å². The van der Waals surface area contributed by atoms with Gasteiger partial charge in [-0.2, -0.15) is 0 Å². The molecule has 1 saturated heterocycles. The van der Waals surface area contributed by atoms with Gasteiger partial charge in [0.25, 0.3) is 11.8 Å². The van der Waals surface area contributed by atoms with Gasteiger partial charge in [0.15, 0.2) is 0 Å². The van der Waals surface area contributed by atoms with Crippen LogP contribution in [0.5, 0.6) is 5.75 Å². The second kappa shape index (κ2) is 8.68. The highest BCUT2D eigenvalue weighted by Gasteiger charge is 2.26. The minimum absolute atomic E-state index is 0.0170. The van der Waals surface area contributed by atoms with Crippen LogP contribution in [0.2, 0.25) is 0 Å². The second-order valence-corrected chi connectivity index (χ2v) is 8.16. The molecule has 2 amide bonds. The highest BCUT2D eigenvalue weighted by Crippen LogP contribution is 2.22. The number of aryl methyl sites for hydroxylation is 1. The Balaban J connectivity index is 1.30. The Kier molecular flexibility index (Phi) is 5.84. The standard InChI is InChI=1S/C24H28N2O3/c1-17-5-2-3-7-22(17)24(28)26-14-4-6-18(15-26)16-29-21-12-8-19(9-13-21)23(27)25-20-10-11-20/h2-3,5,7-9,12-13,18,20H,4,6,10-11,14-16H2,1H3,(H,25,27)/t18-/m0/s1. The van der Waals surface area contributed by atoms with E-state index in [1.807, 2.05) is 60.4 Å². The van der Waals surface area contributed by atoms with E-state index >= 15 is 0 Å². The molecule has 2 fully saturated rings. The van der Waals surface area contributed by atoms with Gasteiger partial charge in [0.2, 0.25) is 0 Å². The van der Waals surface area contributed by atoms with Crippen LogP contribution in [-0.4, -0.2) is 42.5 Å². The lowest BCUT2D eigenvalue weighted by atomic mass is 9.97. The summed E-state index contributed by atoms with van der Waals surface area (Å²) >= 11 is 0. The number of likely N-dealkylation sites (tertiary alicyclic amines) is 1. The van der Waals surface area contributed by atoms with Crippen LogP contribution in [0.15, 0.2) is 48.5 Å². The van der Waals surface area contributed by atoms with Crippen molar-refractivity contribution in [1.29, 1.82) is 0 Å². The second-order valence-electron chi connectivity index (χ2n) is 8.16. The van der Waals surface area contributed by atoms with Gasteiger partial charge in [-0.15, -0.1) is 0 Å². The molecule has 2 aromatic rings. The van der Waals surface area contributed by atoms with E-state index < -0.39 is 0 Å². The minimum atomic E-state index is -0.0170. The number of ether oxygens (including phenoxy) is 1. The summed E-state index contributed by atoms with van der Waals surface area (Å²) in [6.07, 6.45) is 4.21. The molecule has 1 saturated carbocycles. The summed E-state index contributed by atoms with van der Waals surface area (Å²) < 4.78 is 5.96. The molecular formula is C24H28N2O3. The highest BCUT2D eigenvalue weighted by atomic mass is 16.5. The molecular weight excluding hydrogens is 364 g/mol. The van der Waals surface area contributed by atoms with Gasteiger partial charge in [-0.3, -0.25) is 9.59 Å². The van der Waals surface area contributed by atoms with Crippen molar-refractivity contribution in [2.75, 3.05) is 19.7 Å². The van der Waals surface area contributed by atoms with Crippen molar-refractivity contribution in [3.8, 4) is 5.75 Å². The van der Waals surface area contributed by atoms with Crippen molar-refractivity contribution in [3.05, 3.63) is 65.2 Å². The first kappa shape index (κ1) is 19.5. The molecule has 0 aromatic heterocycles. The zero-order chi connectivity index (χ0) is 20.2. The van der Waals surface area contributed by atoms with Crippen LogP contribution in [0.25, 0.3) is 0 Å². The summed E-state index contributed by atoms with van der Waals surface area (Å²) in [6.45, 7) is 4.07. The monoisotopic (exact) mass is 392 g/mol. The molecule has 5 heteroatoms. The van der Waals surface area contributed by atoms with E-state index in [-0.39, 0.29) is 11.8 Å². The Morgan fingerprint density at radius 3 is 2.55 bits per heavy atom. The molecule has 0 radical (unpaired) electrons. The van der Waals surface area contributed by atoms with E-state index in [0.29, 0.717) is 24.1 Å². The molecule has 152 valence electrons. The topological polar surface area (TPSA) is 58.6 Å². The van der Waals surface area contributed by atoms with Gasteiger partial charge < -0.3 is 15.0 Å². The lowest BCUT2D eigenvalue weighted by Crippen LogP contribution is -2.41. The predicted octanol–water partition coefficient (Wildman–Crippen LogP) is 3.82. The first-order chi connectivity index (χ1) is 14.1. The Morgan fingerprint density at radius 2 is 1.83 bits per heavy atom. The van der Waals surface area contributed by atoms with Crippen LogP contribution in [0.3, 0.4) is 0 Å². The number of nitrogens with zero attached hydrogens (tertiary/aromatic N) is 1. The van der Waals surface area contributed by atoms with E-state index in [1.54, 1.807) is 0 Å². The van der Waals surface area contributed by atoms with Crippen molar-refractivity contribution in [3.63, 3.8) is 0 Å². The summed E-state index contributed by atoms with van der Waals surface area (Å²) in [6, 6.07) is 15.4. The molecule has 2 aliphatic rings. The third-order valence-corrected chi connectivity index (χ3v) is 5.70. The third-order valence-electron chi connectivity index (χ3n) is 5.70. The zero-order valence-corrected chi connectivity index (χ0v) is 16.9. The third kappa shape index (κ3) is 4.97. The van der Waals surface area contributed by atoms with Gasteiger partial charge in [0.1, 0.15) is 5.75 Å². The van der Waals surface area contributed by atoms with Crippen LogP contribution in [-0.2, 0) is 0 Å². The number of hydrogen-bond acceptors (Lipinski definition) is 3. The van der Waals surface area contributed by atoms with E-state index in [9.17, 15) is 9.59 Å². The number of piperidine rings is 1. The zero-order valence-electron chi connectivity index (χ0n) is 16.9. The summed E-state index contributed by atoms with van der Waals surface area (Å²) in [7, 11) is 0. The molecule has 0 spiro atoms. The Morgan fingerprint density at radius 1 is 1.07 bits per heavy atom. The fourth-order valence-electron chi connectivity index (χ4n) is 3.78. The predicted molar refractivity (Wildman–Crippen MR) is 112 cm³/mol. The van der Waals surface area contributed by atoms with Crippen LogP contribution in [0.4, 0.5) is 0 Å². The number of carbonyl (C=O) groups excluding carboxylic acids is 2. The smallest absolute Gasteiger partial charge is 0.254 e. The maximum atomic E-state index is 12.9. The molecule has 1 N–H and O–H groups in total. The molecule has 1 heterocycles. The van der Waals surface area contributed by atoms with Crippen LogP contribution in [0.1, 0.15) is 52.0 Å². The molecule has 0 unspecified atom stereocenters. The average molecular weight is 392 g/mol. The normalized spacial score (nSPS) is 18.9. The summed E-state index contributed by atoms with van der Waals surface area (Å²) in [5.74, 6) is 1.17. The molecule has 5 nitrogen and oxygen atoms in total. The van der Waals surface area contributed by atoms with Crippen molar-refractivity contribution in [2.24, 2.45) is 5.92 Å². The largest absolute Gasteiger partial charge is 0.493 e. The minimum Gasteiger partial charge on any atom is -0.493 e. The van der Waals surface area contributed by atoms with Gasteiger partial charge in [0.05, 0.1) is 6.61 Å². The maximum Gasteiger partial charge on any atom is 0.254 e. The first-order valence-corrected chi connectivity index (χ1v) is 10.5. The van der Waals surface area contributed by atoms with E-state index in [2.05, 4.69) is 5.32 Å². The van der Waals surface area contributed by atoms with Crippen molar-refractivity contribution >= 4 is 11.8 Å². The number of rotatable bonds is 6. The van der Waals surface area contributed by atoms with Gasteiger partial charge in [-0.25, -0.2) is 0 Å². The first-order valence-electron chi connectivity index (χ1n) is 10.5. The maximum absolute atomic E-state index is 12.9. The summed E-state index contributed by atoms with van der Waals surface area (Å²) in [5.41, 5.74) is 2.47. The Bertz CT molecular complexity index is 874. The van der Waals surface area contributed by atoms with E-state index in [4.69, 9.17) is 4.74 Å². The fourth-order valence-corrected chi connectivity index (χ4v) is 3.78. The quantitative estimate of drug-likeness (QED) is 0.813. The van der Waals surface area contributed by atoms with Gasteiger partial charge >= 0.3 is 0 Å². The van der Waals surface area contributed by atoms with Crippen molar-refractivity contribution < 1.29 is 14.3 Å². The fraction of sp³-hybridized carbons (Fsp3) is 0.417. The van der Waals surface area contributed by atoms with Gasteiger partial charge in [-0.05, 0) is 68.5 Å². The van der Waals surface area contributed by atoms with Crippen molar-refractivity contribution in [1.82, 2.24) is 10.2 Å². The molecule has 29 heavy (non-hydrogen) atoms. The SMILES string of the molecule is Cc1ccccc1C(=O)N1CCC[C@H](COc2ccc(C(=O)NC3CC3)cc2)C1. The molecule has 4 rings (SSSR count). The van der Waals surface area contributed by atoms with Crippen LogP contribution >= 0.6 is 0 Å². The number of carbonyl (C=O) groups is 2. The summed E-state index contributed by atoms with van der Waals surface area (Å²) in [5, 5.41) is 2.99.